The number of carbonyl (C=O) groups is 1. The van der Waals surface area contributed by atoms with Gasteiger partial charge in [-0.15, -0.1) is 0 Å². The predicted molar refractivity (Wildman–Crippen MR) is 84.5 cm³/mol. The Labute approximate surface area is 127 Å². The molecule has 2 rings (SSSR count). The molecule has 1 fully saturated rings. The second-order valence-electron chi connectivity index (χ2n) is 6.03. The van der Waals surface area contributed by atoms with E-state index in [1.54, 1.807) is 0 Å². The van der Waals surface area contributed by atoms with Crippen LogP contribution in [0.5, 0.6) is 5.75 Å². The fourth-order valence-electron chi connectivity index (χ4n) is 2.69. The van der Waals surface area contributed by atoms with Crippen molar-refractivity contribution in [2.24, 2.45) is 0 Å². The molecule has 0 aliphatic carbocycles. The number of hydrogen-bond donors (Lipinski definition) is 1. The number of rotatable bonds is 5. The lowest BCUT2D eigenvalue weighted by Gasteiger charge is -2.34. The first kappa shape index (κ1) is 15.8. The van der Waals surface area contributed by atoms with Crippen LogP contribution in [0.4, 0.5) is 0 Å². The highest BCUT2D eigenvalue weighted by molar-refractivity contribution is 5.77. The molecule has 1 aliphatic rings. The number of benzene rings is 1. The van der Waals surface area contributed by atoms with Crippen LogP contribution < -0.4 is 10.1 Å². The van der Waals surface area contributed by atoms with E-state index in [1.807, 2.05) is 31.2 Å². The maximum atomic E-state index is 12.0. The van der Waals surface area contributed by atoms with E-state index >= 15 is 0 Å². The van der Waals surface area contributed by atoms with Crippen molar-refractivity contribution >= 4 is 5.91 Å². The van der Waals surface area contributed by atoms with E-state index in [9.17, 15) is 4.79 Å². The Morgan fingerprint density at radius 3 is 2.62 bits per heavy atom. The van der Waals surface area contributed by atoms with Gasteiger partial charge in [-0.1, -0.05) is 18.2 Å². The third-order valence-electron chi connectivity index (χ3n) is 4.08. The van der Waals surface area contributed by atoms with Gasteiger partial charge in [0.05, 0.1) is 0 Å². The SMILES string of the molecule is Cc1ccccc1OCC(=O)NC1CCN(C(C)C)CC1. The molecular weight excluding hydrogens is 264 g/mol. The molecule has 4 nitrogen and oxygen atoms in total. The summed E-state index contributed by atoms with van der Waals surface area (Å²) in [6.45, 7) is 8.62. The predicted octanol–water partition coefficient (Wildman–Crippen LogP) is 2.36. The van der Waals surface area contributed by atoms with Gasteiger partial charge >= 0.3 is 0 Å². The molecule has 1 aliphatic heterocycles. The van der Waals surface area contributed by atoms with E-state index in [2.05, 4.69) is 24.1 Å². The van der Waals surface area contributed by atoms with Gasteiger partial charge in [0.15, 0.2) is 6.61 Å². The Hall–Kier alpha value is -1.55. The summed E-state index contributed by atoms with van der Waals surface area (Å²) >= 11 is 0. The minimum atomic E-state index is -0.0266. The number of likely N-dealkylation sites (tertiary alicyclic amines) is 1. The minimum absolute atomic E-state index is 0.0266. The highest BCUT2D eigenvalue weighted by atomic mass is 16.5. The van der Waals surface area contributed by atoms with Crippen molar-refractivity contribution in [1.82, 2.24) is 10.2 Å². The highest BCUT2D eigenvalue weighted by Crippen LogP contribution is 2.16. The van der Waals surface area contributed by atoms with Crippen LogP contribution in [0.1, 0.15) is 32.3 Å². The van der Waals surface area contributed by atoms with Crippen molar-refractivity contribution in [2.45, 2.75) is 45.7 Å². The molecule has 1 aromatic carbocycles. The summed E-state index contributed by atoms with van der Waals surface area (Å²) in [5, 5.41) is 3.08. The zero-order valence-corrected chi connectivity index (χ0v) is 13.3. The van der Waals surface area contributed by atoms with Crippen molar-refractivity contribution in [1.29, 1.82) is 0 Å². The van der Waals surface area contributed by atoms with Gasteiger partial charge in [-0.05, 0) is 45.2 Å². The van der Waals surface area contributed by atoms with E-state index in [-0.39, 0.29) is 18.6 Å². The Bertz CT molecular complexity index is 466. The monoisotopic (exact) mass is 290 g/mol. The molecule has 0 aromatic heterocycles. The summed E-state index contributed by atoms with van der Waals surface area (Å²) < 4.78 is 5.58. The number of ether oxygens (including phenoxy) is 1. The van der Waals surface area contributed by atoms with Crippen molar-refractivity contribution in [2.75, 3.05) is 19.7 Å². The van der Waals surface area contributed by atoms with Crippen LogP contribution in [0.2, 0.25) is 0 Å². The van der Waals surface area contributed by atoms with Crippen molar-refractivity contribution in [3.05, 3.63) is 29.8 Å². The van der Waals surface area contributed by atoms with E-state index in [0.29, 0.717) is 6.04 Å². The normalized spacial score (nSPS) is 17.0. The lowest BCUT2D eigenvalue weighted by molar-refractivity contribution is -0.124. The van der Waals surface area contributed by atoms with Crippen LogP contribution in [-0.4, -0.2) is 42.6 Å². The van der Waals surface area contributed by atoms with Gasteiger partial charge in [-0.25, -0.2) is 0 Å². The molecule has 1 N–H and O–H groups in total. The Kier molecular flexibility index (Phi) is 5.62. The van der Waals surface area contributed by atoms with Gasteiger partial charge in [-0.3, -0.25) is 4.79 Å². The minimum Gasteiger partial charge on any atom is -0.484 e. The van der Waals surface area contributed by atoms with Crippen molar-refractivity contribution < 1.29 is 9.53 Å². The standard InChI is InChI=1S/C17H26N2O2/c1-13(2)19-10-8-15(9-11-19)18-17(20)12-21-16-7-5-4-6-14(16)3/h4-7,13,15H,8-12H2,1-3H3,(H,18,20). The first-order chi connectivity index (χ1) is 10.1. The summed E-state index contributed by atoms with van der Waals surface area (Å²) in [5.41, 5.74) is 1.05. The molecule has 4 heteroatoms. The lowest BCUT2D eigenvalue weighted by Crippen LogP contribution is -2.47. The maximum Gasteiger partial charge on any atom is 0.258 e. The molecule has 0 saturated carbocycles. The molecule has 1 saturated heterocycles. The Balaban J connectivity index is 1.72. The zero-order valence-electron chi connectivity index (χ0n) is 13.3. The second-order valence-corrected chi connectivity index (χ2v) is 6.03. The molecule has 1 amide bonds. The van der Waals surface area contributed by atoms with Crippen LogP contribution in [-0.2, 0) is 4.79 Å². The van der Waals surface area contributed by atoms with Crippen LogP contribution in [0.25, 0.3) is 0 Å². The van der Waals surface area contributed by atoms with Gasteiger partial charge in [0.2, 0.25) is 0 Å². The Morgan fingerprint density at radius 2 is 2.00 bits per heavy atom. The molecule has 116 valence electrons. The number of amides is 1. The topological polar surface area (TPSA) is 41.6 Å². The first-order valence-corrected chi connectivity index (χ1v) is 7.78. The average Bonchev–Trinajstić information content (AvgIpc) is 2.47. The van der Waals surface area contributed by atoms with Crippen LogP contribution in [0.3, 0.4) is 0 Å². The largest absolute Gasteiger partial charge is 0.484 e. The fourth-order valence-corrected chi connectivity index (χ4v) is 2.69. The van der Waals surface area contributed by atoms with E-state index in [1.165, 1.54) is 0 Å². The zero-order chi connectivity index (χ0) is 15.2. The number of para-hydroxylation sites is 1. The van der Waals surface area contributed by atoms with E-state index in [4.69, 9.17) is 4.74 Å². The third kappa shape index (κ3) is 4.74. The number of carbonyl (C=O) groups excluding carboxylic acids is 1. The lowest BCUT2D eigenvalue weighted by atomic mass is 10.0. The molecule has 0 radical (unpaired) electrons. The maximum absolute atomic E-state index is 12.0. The molecule has 21 heavy (non-hydrogen) atoms. The first-order valence-electron chi connectivity index (χ1n) is 7.78. The molecule has 0 spiro atoms. The number of aryl methyl sites for hydroxylation is 1. The van der Waals surface area contributed by atoms with Crippen LogP contribution in [0.15, 0.2) is 24.3 Å². The van der Waals surface area contributed by atoms with Crippen LogP contribution >= 0.6 is 0 Å². The average molecular weight is 290 g/mol. The van der Waals surface area contributed by atoms with Crippen LogP contribution in [0, 0.1) is 6.92 Å². The summed E-state index contributed by atoms with van der Waals surface area (Å²) in [5.74, 6) is 0.753. The number of nitrogens with one attached hydrogen (secondary N) is 1. The number of nitrogens with zero attached hydrogens (tertiary/aromatic N) is 1. The molecule has 0 bridgehead atoms. The van der Waals surface area contributed by atoms with Crippen molar-refractivity contribution in [3.63, 3.8) is 0 Å². The summed E-state index contributed by atoms with van der Waals surface area (Å²) in [6.07, 6.45) is 2.04. The van der Waals surface area contributed by atoms with E-state index < -0.39 is 0 Å². The van der Waals surface area contributed by atoms with Gasteiger partial charge in [0, 0.05) is 25.2 Å². The van der Waals surface area contributed by atoms with Gasteiger partial charge in [-0.2, -0.15) is 0 Å². The molecule has 0 atom stereocenters. The summed E-state index contributed by atoms with van der Waals surface area (Å²) in [6, 6.07) is 8.63. The van der Waals surface area contributed by atoms with Crippen molar-refractivity contribution in [3.8, 4) is 5.75 Å². The summed E-state index contributed by atoms with van der Waals surface area (Å²) in [7, 11) is 0. The molecule has 1 aromatic rings. The van der Waals surface area contributed by atoms with Gasteiger partial charge in [0.1, 0.15) is 5.75 Å². The smallest absolute Gasteiger partial charge is 0.258 e. The van der Waals surface area contributed by atoms with Gasteiger partial charge in [0.25, 0.3) is 5.91 Å². The molecular formula is C17H26N2O2. The highest BCUT2D eigenvalue weighted by Gasteiger charge is 2.22. The second kappa shape index (κ2) is 7.46. The fraction of sp³-hybridized carbons (Fsp3) is 0.588. The Morgan fingerprint density at radius 1 is 1.33 bits per heavy atom. The number of piperidine rings is 1. The molecule has 0 unspecified atom stereocenters. The van der Waals surface area contributed by atoms with E-state index in [0.717, 1.165) is 37.2 Å². The molecule has 1 heterocycles. The number of hydrogen-bond acceptors (Lipinski definition) is 3. The quantitative estimate of drug-likeness (QED) is 0.905. The summed E-state index contributed by atoms with van der Waals surface area (Å²) in [4.78, 5) is 14.4. The third-order valence-corrected chi connectivity index (χ3v) is 4.08. The van der Waals surface area contributed by atoms with Gasteiger partial charge < -0.3 is 15.0 Å².